The van der Waals surface area contributed by atoms with Crippen molar-refractivity contribution in [3.05, 3.63) is 112 Å². The summed E-state index contributed by atoms with van der Waals surface area (Å²) in [7, 11) is 0. The second kappa shape index (κ2) is 14.8. The van der Waals surface area contributed by atoms with Gasteiger partial charge in [0, 0.05) is 60.3 Å². The molecule has 0 atom stereocenters. The molecule has 0 saturated carbocycles. The summed E-state index contributed by atoms with van der Waals surface area (Å²) < 4.78 is 7.56. The summed E-state index contributed by atoms with van der Waals surface area (Å²) in [6.45, 7) is 8.76. The summed E-state index contributed by atoms with van der Waals surface area (Å²) in [6, 6.07) is 20.3. The van der Waals surface area contributed by atoms with Gasteiger partial charge in [0.05, 0.1) is 23.8 Å². The van der Waals surface area contributed by atoms with Gasteiger partial charge in [-0.1, -0.05) is 49.4 Å². The zero-order chi connectivity index (χ0) is 34.5. The second-order valence-corrected chi connectivity index (χ2v) is 12.4. The van der Waals surface area contributed by atoms with Crippen LogP contribution < -0.4 is 11.1 Å². The van der Waals surface area contributed by atoms with Crippen LogP contribution in [0.25, 0.3) is 22.2 Å². The van der Waals surface area contributed by atoms with E-state index in [-0.39, 0.29) is 24.1 Å². The number of anilines is 1. The molecule has 0 unspecified atom stereocenters. The SMILES string of the molecule is CCc1nc2c(cnn2CC)c(NC2CCOCC2)c1CN(Cc1cccc(-c2cccc(C=O)c2)c1C)C(=O)c1cccc(C(N)=O)c1. The van der Waals surface area contributed by atoms with Gasteiger partial charge in [0.1, 0.15) is 6.29 Å². The standard InChI is InChI=1S/C39H42N6O4/c1-4-35-34(36(42-31-15-17-49-18-16-31)33-21-41-45(5-2)38(33)43-35)23-44(39(48)29-12-7-11-28(20-29)37(40)47)22-30-13-8-14-32(25(30)3)27-10-6-9-26(19-27)24-46/h6-14,19-21,24,31H,4-5,15-18,22-23H2,1-3H3,(H2,40,47)(H,42,43). The second-order valence-electron chi connectivity index (χ2n) is 12.4. The van der Waals surface area contributed by atoms with Crippen molar-refractivity contribution in [2.75, 3.05) is 18.5 Å². The monoisotopic (exact) mass is 658 g/mol. The van der Waals surface area contributed by atoms with Gasteiger partial charge in [-0.2, -0.15) is 5.10 Å². The number of ether oxygens (including phenoxy) is 1. The molecule has 1 saturated heterocycles. The number of hydrogen-bond donors (Lipinski definition) is 2. The fourth-order valence-electron chi connectivity index (χ4n) is 6.61. The van der Waals surface area contributed by atoms with Crippen LogP contribution in [0.3, 0.4) is 0 Å². The molecule has 3 heterocycles. The summed E-state index contributed by atoms with van der Waals surface area (Å²) in [4.78, 5) is 45.1. The molecule has 3 N–H and O–H groups in total. The summed E-state index contributed by atoms with van der Waals surface area (Å²) in [5, 5.41) is 9.39. The third-order valence-electron chi connectivity index (χ3n) is 9.35. The average molecular weight is 659 g/mol. The first-order chi connectivity index (χ1) is 23.8. The number of hydrogen-bond acceptors (Lipinski definition) is 7. The summed E-state index contributed by atoms with van der Waals surface area (Å²) in [6.07, 6.45) is 5.10. The van der Waals surface area contributed by atoms with Gasteiger partial charge in [-0.05, 0) is 79.6 Å². The van der Waals surface area contributed by atoms with Crippen molar-refractivity contribution in [3.63, 3.8) is 0 Å². The molecule has 3 aromatic carbocycles. The lowest BCUT2D eigenvalue weighted by atomic mass is 9.95. The van der Waals surface area contributed by atoms with Crippen LogP contribution in [-0.4, -0.2) is 57.0 Å². The van der Waals surface area contributed by atoms with E-state index < -0.39 is 5.91 Å². The quantitative estimate of drug-likeness (QED) is 0.150. The molecule has 0 bridgehead atoms. The molecule has 1 aliphatic heterocycles. The fraction of sp³-hybridized carbons (Fsp3) is 0.308. The van der Waals surface area contributed by atoms with Crippen LogP contribution in [0.2, 0.25) is 0 Å². The Morgan fingerprint density at radius 3 is 2.51 bits per heavy atom. The number of primary amides is 1. The lowest BCUT2D eigenvalue weighted by Crippen LogP contribution is -2.33. The predicted molar refractivity (Wildman–Crippen MR) is 191 cm³/mol. The van der Waals surface area contributed by atoms with Crippen molar-refractivity contribution in [2.45, 2.75) is 65.7 Å². The number of pyridine rings is 1. The Balaban J connectivity index is 1.47. The molecule has 0 aliphatic carbocycles. The normalized spacial score (nSPS) is 13.4. The van der Waals surface area contributed by atoms with Crippen LogP contribution in [-0.2, 0) is 30.8 Å². The predicted octanol–water partition coefficient (Wildman–Crippen LogP) is 6.33. The van der Waals surface area contributed by atoms with Gasteiger partial charge in [-0.3, -0.25) is 14.4 Å². The summed E-state index contributed by atoms with van der Waals surface area (Å²) in [5.74, 6) is -0.833. The third-order valence-corrected chi connectivity index (χ3v) is 9.35. The zero-order valence-corrected chi connectivity index (χ0v) is 28.2. The number of amides is 2. The number of nitrogens with two attached hydrogens (primary N) is 1. The van der Waals surface area contributed by atoms with Gasteiger partial charge in [0.2, 0.25) is 5.91 Å². The maximum atomic E-state index is 14.6. The molecule has 10 nitrogen and oxygen atoms in total. The lowest BCUT2D eigenvalue weighted by Gasteiger charge is -2.30. The third kappa shape index (κ3) is 7.10. The van der Waals surface area contributed by atoms with Crippen LogP contribution >= 0.6 is 0 Å². The van der Waals surface area contributed by atoms with Crippen molar-refractivity contribution in [3.8, 4) is 11.1 Å². The van der Waals surface area contributed by atoms with Crippen molar-refractivity contribution >= 4 is 34.8 Å². The maximum absolute atomic E-state index is 14.6. The smallest absolute Gasteiger partial charge is 0.254 e. The highest BCUT2D eigenvalue weighted by Gasteiger charge is 2.26. The van der Waals surface area contributed by atoms with Crippen LogP contribution in [0, 0.1) is 6.92 Å². The number of aldehydes is 1. The molecular formula is C39H42N6O4. The lowest BCUT2D eigenvalue weighted by molar-refractivity contribution is 0.0729. The van der Waals surface area contributed by atoms with Crippen LogP contribution in [0.4, 0.5) is 5.69 Å². The molecule has 1 fully saturated rings. The van der Waals surface area contributed by atoms with E-state index in [9.17, 15) is 14.4 Å². The molecule has 5 aromatic rings. The highest BCUT2D eigenvalue weighted by Crippen LogP contribution is 2.34. The van der Waals surface area contributed by atoms with E-state index >= 15 is 0 Å². The number of fused-ring (bicyclic) bond motifs is 1. The Hall–Kier alpha value is -5.35. The first-order valence-corrected chi connectivity index (χ1v) is 16.9. The van der Waals surface area contributed by atoms with E-state index in [4.69, 9.17) is 15.5 Å². The van der Waals surface area contributed by atoms with E-state index in [0.717, 1.165) is 69.4 Å². The minimum Gasteiger partial charge on any atom is -0.381 e. The van der Waals surface area contributed by atoms with Crippen molar-refractivity contribution in [2.24, 2.45) is 5.73 Å². The van der Waals surface area contributed by atoms with E-state index in [1.54, 1.807) is 30.3 Å². The molecule has 6 rings (SSSR count). The molecule has 252 valence electrons. The first kappa shape index (κ1) is 33.5. The molecular weight excluding hydrogens is 616 g/mol. The Bertz CT molecular complexity index is 2010. The summed E-state index contributed by atoms with van der Waals surface area (Å²) >= 11 is 0. The number of nitrogens with one attached hydrogen (secondary N) is 1. The molecule has 0 spiro atoms. The number of aryl methyl sites for hydroxylation is 2. The van der Waals surface area contributed by atoms with Gasteiger partial charge in [0.15, 0.2) is 5.65 Å². The maximum Gasteiger partial charge on any atom is 0.254 e. The minimum atomic E-state index is -0.596. The number of carbonyl (C=O) groups is 3. The number of aromatic nitrogens is 3. The van der Waals surface area contributed by atoms with Crippen LogP contribution in [0.1, 0.15) is 80.1 Å². The Morgan fingerprint density at radius 2 is 1.78 bits per heavy atom. The molecule has 2 amide bonds. The molecule has 49 heavy (non-hydrogen) atoms. The van der Waals surface area contributed by atoms with E-state index in [1.807, 2.05) is 66.0 Å². The van der Waals surface area contributed by atoms with Gasteiger partial charge in [0.25, 0.3) is 5.91 Å². The fourth-order valence-corrected chi connectivity index (χ4v) is 6.61. The molecule has 10 heteroatoms. The van der Waals surface area contributed by atoms with Crippen molar-refractivity contribution in [1.29, 1.82) is 0 Å². The number of nitrogens with zero attached hydrogens (tertiary/aromatic N) is 4. The minimum absolute atomic E-state index is 0.199. The van der Waals surface area contributed by atoms with Crippen molar-refractivity contribution in [1.82, 2.24) is 19.7 Å². The van der Waals surface area contributed by atoms with Gasteiger partial charge in [-0.25, -0.2) is 9.67 Å². The topological polar surface area (TPSA) is 132 Å². The zero-order valence-electron chi connectivity index (χ0n) is 28.2. The van der Waals surface area contributed by atoms with Gasteiger partial charge < -0.3 is 20.7 Å². The number of benzene rings is 3. The number of rotatable bonds is 12. The van der Waals surface area contributed by atoms with E-state index in [2.05, 4.69) is 17.3 Å². The molecule has 2 aromatic heterocycles. The molecule has 0 radical (unpaired) electrons. The Labute approximate surface area is 286 Å². The summed E-state index contributed by atoms with van der Waals surface area (Å²) in [5.41, 5.74) is 14.3. The first-order valence-electron chi connectivity index (χ1n) is 16.9. The molecule has 1 aliphatic rings. The van der Waals surface area contributed by atoms with Crippen molar-refractivity contribution < 1.29 is 19.1 Å². The number of carbonyl (C=O) groups excluding carboxylic acids is 3. The van der Waals surface area contributed by atoms with Crippen LogP contribution in [0.15, 0.2) is 72.9 Å². The highest BCUT2D eigenvalue weighted by atomic mass is 16.5. The van der Waals surface area contributed by atoms with Gasteiger partial charge >= 0.3 is 0 Å². The Kier molecular flexibility index (Phi) is 10.1. The average Bonchev–Trinajstić information content (AvgIpc) is 3.55. The largest absolute Gasteiger partial charge is 0.381 e. The van der Waals surface area contributed by atoms with Crippen LogP contribution in [0.5, 0.6) is 0 Å². The van der Waals surface area contributed by atoms with Gasteiger partial charge in [-0.15, -0.1) is 0 Å². The van der Waals surface area contributed by atoms with E-state index in [0.29, 0.717) is 43.9 Å². The highest BCUT2D eigenvalue weighted by molar-refractivity contribution is 5.99. The Morgan fingerprint density at radius 1 is 1.02 bits per heavy atom. The van der Waals surface area contributed by atoms with E-state index in [1.165, 1.54) is 0 Å².